The van der Waals surface area contributed by atoms with E-state index in [-0.39, 0.29) is 29.9 Å². The zero-order chi connectivity index (χ0) is 41.0. The third kappa shape index (κ3) is 8.44. The summed E-state index contributed by atoms with van der Waals surface area (Å²) >= 11 is 0. The summed E-state index contributed by atoms with van der Waals surface area (Å²) in [5.41, 5.74) is 9.62. The lowest BCUT2D eigenvalue weighted by Gasteiger charge is -2.37. The Morgan fingerprint density at radius 3 is 1.72 bits per heavy atom. The molecule has 2 amide bonds. The SMILES string of the molecule is CN(C)Cc1ccccc1CC(=O)N1CCC[C@H]1c1ncc(-c2ccc(-c3ccc(-c4cnc([C@@H]5CCCN5C(=O)C(c5ccccc5)N5CCCCC5)[nH]4)cc3)cc2)[nH]1. The van der Waals surface area contributed by atoms with E-state index in [1.807, 2.05) is 47.6 Å². The van der Waals surface area contributed by atoms with E-state index in [0.717, 1.165) is 128 Å². The smallest absolute Gasteiger partial charge is 0.245 e. The van der Waals surface area contributed by atoms with Gasteiger partial charge in [0.2, 0.25) is 11.8 Å². The molecule has 10 nitrogen and oxygen atoms in total. The highest BCUT2D eigenvalue weighted by Gasteiger charge is 2.39. The largest absolute Gasteiger partial charge is 0.340 e. The van der Waals surface area contributed by atoms with Crippen molar-refractivity contribution in [2.75, 3.05) is 40.3 Å². The molecule has 60 heavy (non-hydrogen) atoms. The van der Waals surface area contributed by atoms with E-state index in [2.05, 4.69) is 112 Å². The van der Waals surface area contributed by atoms with Gasteiger partial charge in [0, 0.05) is 19.6 Å². The molecule has 3 fully saturated rings. The predicted molar refractivity (Wildman–Crippen MR) is 237 cm³/mol. The fourth-order valence-corrected chi connectivity index (χ4v) is 9.62. The van der Waals surface area contributed by atoms with Gasteiger partial charge in [-0.2, -0.15) is 0 Å². The van der Waals surface area contributed by atoms with Crippen LogP contribution in [-0.4, -0.2) is 91.6 Å². The summed E-state index contributed by atoms with van der Waals surface area (Å²) < 4.78 is 0. The number of H-pyrrole nitrogens is 2. The topological polar surface area (TPSA) is 104 Å². The number of rotatable bonds is 12. The van der Waals surface area contributed by atoms with Crippen LogP contribution >= 0.6 is 0 Å². The maximum Gasteiger partial charge on any atom is 0.245 e. The number of aromatic amines is 2. The van der Waals surface area contributed by atoms with E-state index in [9.17, 15) is 9.59 Å². The van der Waals surface area contributed by atoms with Crippen LogP contribution < -0.4 is 0 Å². The standard InChI is InChI=1S/C50H56N8O2/c1-55(2)34-41-16-8-7-15-40(41)31-46(59)57-29-11-17-44(57)48-51-32-42(53-48)37-23-19-35(20-24-37)36-21-25-38(26-22-36)43-33-52-49(54-43)45-18-12-30-58(45)50(60)47(39-13-5-3-6-14-39)56-27-9-4-10-28-56/h3,5-8,13-16,19-26,32-33,44-45,47H,4,9-12,17-18,27-31,34H2,1-2H3,(H,51,53)(H,52,54)/t44-,45-,47?/m0/s1. The van der Waals surface area contributed by atoms with Gasteiger partial charge in [-0.1, -0.05) is 110 Å². The van der Waals surface area contributed by atoms with Crippen molar-refractivity contribution in [2.45, 2.75) is 76.0 Å². The van der Waals surface area contributed by atoms with Crippen molar-refractivity contribution in [2.24, 2.45) is 0 Å². The van der Waals surface area contributed by atoms with Crippen LogP contribution in [0.2, 0.25) is 0 Å². The minimum absolute atomic E-state index is 0.0490. The monoisotopic (exact) mass is 800 g/mol. The lowest BCUT2D eigenvalue weighted by atomic mass is 10.00. The molecule has 0 bridgehead atoms. The molecular formula is C50H56N8O2. The summed E-state index contributed by atoms with van der Waals surface area (Å²) in [7, 11) is 4.11. The van der Waals surface area contributed by atoms with Gasteiger partial charge in [-0.05, 0) is 105 Å². The number of carbonyl (C=O) groups is 2. The molecule has 0 aliphatic carbocycles. The fourth-order valence-electron chi connectivity index (χ4n) is 9.62. The highest BCUT2D eigenvalue weighted by Crippen LogP contribution is 2.37. The van der Waals surface area contributed by atoms with Crippen molar-refractivity contribution in [1.82, 2.24) is 39.5 Å². The summed E-state index contributed by atoms with van der Waals surface area (Å²) in [6, 6.07) is 35.3. The average Bonchev–Trinajstić information content (AvgIpc) is 4.13. The summed E-state index contributed by atoms with van der Waals surface area (Å²) in [5, 5.41) is 0. The van der Waals surface area contributed by atoms with Crippen LogP contribution in [0.15, 0.2) is 116 Å². The highest BCUT2D eigenvalue weighted by molar-refractivity contribution is 5.84. The molecule has 6 aromatic rings. The number of piperidine rings is 1. The van der Waals surface area contributed by atoms with Crippen LogP contribution in [-0.2, 0) is 22.6 Å². The number of nitrogens with zero attached hydrogens (tertiary/aromatic N) is 6. The van der Waals surface area contributed by atoms with Crippen LogP contribution in [0.3, 0.4) is 0 Å². The number of aromatic nitrogens is 4. The maximum absolute atomic E-state index is 14.4. The Kier molecular flexibility index (Phi) is 11.7. The summed E-state index contributed by atoms with van der Waals surface area (Å²) in [4.78, 5) is 53.4. The third-order valence-corrected chi connectivity index (χ3v) is 12.7. The minimum Gasteiger partial charge on any atom is -0.340 e. The van der Waals surface area contributed by atoms with Gasteiger partial charge < -0.3 is 24.7 Å². The molecule has 2 N–H and O–H groups in total. The molecule has 2 aromatic heterocycles. The van der Waals surface area contributed by atoms with E-state index in [4.69, 9.17) is 9.97 Å². The summed E-state index contributed by atoms with van der Waals surface area (Å²) in [6.45, 7) is 4.22. The van der Waals surface area contributed by atoms with E-state index in [0.29, 0.717) is 6.42 Å². The highest BCUT2D eigenvalue weighted by atomic mass is 16.2. The minimum atomic E-state index is -0.257. The molecule has 3 aliphatic heterocycles. The average molecular weight is 801 g/mol. The predicted octanol–water partition coefficient (Wildman–Crippen LogP) is 8.99. The molecule has 10 heteroatoms. The number of hydrogen-bond donors (Lipinski definition) is 2. The van der Waals surface area contributed by atoms with Gasteiger partial charge >= 0.3 is 0 Å². The van der Waals surface area contributed by atoms with Crippen LogP contribution in [0, 0.1) is 0 Å². The maximum atomic E-state index is 14.4. The first-order chi connectivity index (χ1) is 29.4. The first-order valence-electron chi connectivity index (χ1n) is 21.8. The molecule has 1 unspecified atom stereocenters. The Bertz CT molecular complexity index is 2380. The Morgan fingerprint density at radius 1 is 0.617 bits per heavy atom. The molecule has 3 aliphatic rings. The second kappa shape index (κ2) is 17.8. The Morgan fingerprint density at radius 2 is 1.13 bits per heavy atom. The van der Waals surface area contributed by atoms with Crippen molar-refractivity contribution in [3.05, 3.63) is 144 Å². The number of benzene rings is 4. The number of likely N-dealkylation sites (tertiary alicyclic amines) is 3. The van der Waals surface area contributed by atoms with Crippen molar-refractivity contribution >= 4 is 11.8 Å². The lowest BCUT2D eigenvalue weighted by Crippen LogP contribution is -2.44. The van der Waals surface area contributed by atoms with Gasteiger partial charge in [-0.3, -0.25) is 14.5 Å². The number of amides is 2. The quantitative estimate of drug-likeness (QED) is 0.128. The van der Waals surface area contributed by atoms with Crippen molar-refractivity contribution in [1.29, 1.82) is 0 Å². The van der Waals surface area contributed by atoms with Crippen LogP contribution in [0.4, 0.5) is 0 Å². The molecule has 4 aromatic carbocycles. The van der Waals surface area contributed by atoms with E-state index >= 15 is 0 Å². The van der Waals surface area contributed by atoms with Gasteiger partial charge in [-0.25, -0.2) is 9.97 Å². The van der Waals surface area contributed by atoms with E-state index in [1.165, 1.54) is 12.0 Å². The Balaban J connectivity index is 0.847. The van der Waals surface area contributed by atoms with Crippen LogP contribution in [0.1, 0.15) is 91.4 Å². The molecule has 9 rings (SSSR count). The van der Waals surface area contributed by atoms with Gasteiger partial charge in [0.1, 0.15) is 17.7 Å². The van der Waals surface area contributed by atoms with Crippen molar-refractivity contribution in [3.8, 4) is 33.6 Å². The Hall–Kier alpha value is -5.84. The second-order valence-corrected chi connectivity index (χ2v) is 17.0. The molecule has 0 radical (unpaired) electrons. The van der Waals surface area contributed by atoms with Crippen molar-refractivity contribution in [3.63, 3.8) is 0 Å². The molecule has 5 heterocycles. The normalized spacial score (nSPS) is 19.0. The first-order valence-corrected chi connectivity index (χ1v) is 21.8. The zero-order valence-corrected chi connectivity index (χ0v) is 34.9. The first kappa shape index (κ1) is 39.6. The zero-order valence-electron chi connectivity index (χ0n) is 34.9. The van der Waals surface area contributed by atoms with E-state index in [1.54, 1.807) is 0 Å². The summed E-state index contributed by atoms with van der Waals surface area (Å²) in [6.07, 6.45) is 11.4. The van der Waals surface area contributed by atoms with Gasteiger partial charge in [0.25, 0.3) is 0 Å². The molecule has 3 saturated heterocycles. The molecule has 0 saturated carbocycles. The number of hydrogen-bond acceptors (Lipinski definition) is 6. The summed E-state index contributed by atoms with van der Waals surface area (Å²) in [5.74, 6) is 2.04. The van der Waals surface area contributed by atoms with Crippen LogP contribution in [0.5, 0.6) is 0 Å². The molecule has 3 atom stereocenters. The molecule has 308 valence electrons. The van der Waals surface area contributed by atoms with Gasteiger partial charge in [0.15, 0.2) is 0 Å². The molecule has 0 spiro atoms. The van der Waals surface area contributed by atoms with Crippen molar-refractivity contribution < 1.29 is 9.59 Å². The Labute approximate surface area is 353 Å². The second-order valence-electron chi connectivity index (χ2n) is 17.0. The number of nitrogens with one attached hydrogen (secondary N) is 2. The van der Waals surface area contributed by atoms with E-state index < -0.39 is 0 Å². The molecular weight excluding hydrogens is 745 g/mol. The van der Waals surface area contributed by atoms with Crippen LogP contribution in [0.25, 0.3) is 33.6 Å². The third-order valence-electron chi connectivity index (χ3n) is 12.7. The number of imidazole rings is 2. The number of carbonyl (C=O) groups excluding carboxylic acids is 2. The van der Waals surface area contributed by atoms with Gasteiger partial charge in [-0.15, -0.1) is 0 Å². The van der Waals surface area contributed by atoms with Gasteiger partial charge in [0.05, 0.1) is 42.3 Å². The lowest BCUT2D eigenvalue weighted by molar-refractivity contribution is -0.139. The fraction of sp³-hybridized carbons (Fsp3) is 0.360.